The largest absolute Gasteiger partial charge is 0.493 e. The molecule has 0 saturated heterocycles. The van der Waals surface area contributed by atoms with Crippen molar-refractivity contribution in [3.63, 3.8) is 0 Å². The first-order valence-electron chi connectivity index (χ1n) is 9.79. The topological polar surface area (TPSA) is 70.8 Å². The number of benzene rings is 5. The van der Waals surface area contributed by atoms with Crippen LogP contribution in [0, 0.1) is 10.1 Å². The molecule has 0 unspecified atom stereocenters. The van der Waals surface area contributed by atoms with Gasteiger partial charge in [-0.15, -0.1) is 0 Å². The summed E-state index contributed by atoms with van der Waals surface area (Å²) >= 11 is 0. The molecule has 6 nitrogen and oxygen atoms in total. The van der Waals surface area contributed by atoms with Gasteiger partial charge in [0.15, 0.2) is 11.5 Å². The van der Waals surface area contributed by atoms with Gasteiger partial charge in [0.1, 0.15) is 12.4 Å². The molecule has 5 aromatic rings. The predicted molar refractivity (Wildman–Crippen MR) is 121 cm³/mol. The molecule has 0 aliphatic carbocycles. The highest BCUT2D eigenvalue weighted by atomic mass is 16.6. The van der Waals surface area contributed by atoms with E-state index in [9.17, 15) is 10.1 Å². The second kappa shape index (κ2) is 7.32. The van der Waals surface area contributed by atoms with E-state index in [4.69, 9.17) is 14.2 Å². The summed E-state index contributed by atoms with van der Waals surface area (Å²) in [6.07, 6.45) is 0. The van der Waals surface area contributed by atoms with Crippen molar-refractivity contribution in [2.45, 2.75) is 6.61 Å². The standard InChI is InChI=1S/C25H19NO5/c1-29-22-12-18(20(26(27)28)13-23(22)30-2)14-31-21-11-9-17-7-6-15-4-3-5-16-8-10-19(21)25(17)24(15)16/h3-13H,14H2,1-2H3. The van der Waals surface area contributed by atoms with Gasteiger partial charge in [0.05, 0.1) is 30.8 Å². The number of nitro groups is 1. The Bertz CT molecular complexity index is 1430. The van der Waals surface area contributed by atoms with E-state index in [1.54, 1.807) is 6.07 Å². The monoisotopic (exact) mass is 413 g/mol. The van der Waals surface area contributed by atoms with Crippen LogP contribution in [-0.4, -0.2) is 19.1 Å². The first-order valence-corrected chi connectivity index (χ1v) is 9.79. The Morgan fingerprint density at radius 1 is 0.774 bits per heavy atom. The van der Waals surface area contributed by atoms with E-state index in [2.05, 4.69) is 36.4 Å². The van der Waals surface area contributed by atoms with Crippen LogP contribution >= 0.6 is 0 Å². The zero-order valence-electron chi connectivity index (χ0n) is 17.0. The molecule has 0 radical (unpaired) electrons. The van der Waals surface area contributed by atoms with Crippen LogP contribution in [0.5, 0.6) is 17.2 Å². The third kappa shape index (κ3) is 3.04. The fourth-order valence-electron chi connectivity index (χ4n) is 4.19. The quantitative estimate of drug-likeness (QED) is 0.191. The van der Waals surface area contributed by atoms with Crippen molar-refractivity contribution in [3.05, 3.63) is 82.4 Å². The van der Waals surface area contributed by atoms with Gasteiger partial charge < -0.3 is 14.2 Å². The second-order valence-electron chi connectivity index (χ2n) is 7.30. The Balaban J connectivity index is 1.60. The Hall–Kier alpha value is -4.06. The van der Waals surface area contributed by atoms with Gasteiger partial charge in [0.25, 0.3) is 5.69 Å². The minimum absolute atomic E-state index is 0.0284. The Morgan fingerprint density at radius 2 is 1.39 bits per heavy atom. The number of hydrogen-bond acceptors (Lipinski definition) is 5. The molecule has 0 fully saturated rings. The summed E-state index contributed by atoms with van der Waals surface area (Å²) in [5, 5.41) is 18.4. The van der Waals surface area contributed by atoms with Crippen LogP contribution in [0.1, 0.15) is 5.56 Å². The van der Waals surface area contributed by atoms with Crippen LogP contribution in [0.25, 0.3) is 32.3 Å². The SMILES string of the molecule is COc1cc(COc2ccc3ccc4cccc5ccc2c3c45)c([N+](=O)[O-])cc1OC. The molecule has 31 heavy (non-hydrogen) atoms. The second-order valence-corrected chi connectivity index (χ2v) is 7.30. The zero-order valence-corrected chi connectivity index (χ0v) is 17.0. The molecule has 6 heteroatoms. The van der Waals surface area contributed by atoms with Gasteiger partial charge in [-0.3, -0.25) is 10.1 Å². The lowest BCUT2D eigenvalue weighted by molar-refractivity contribution is -0.385. The van der Waals surface area contributed by atoms with E-state index in [1.807, 2.05) is 18.2 Å². The highest BCUT2D eigenvalue weighted by Crippen LogP contribution is 2.40. The number of nitro benzene ring substituents is 1. The van der Waals surface area contributed by atoms with Gasteiger partial charge in [-0.05, 0) is 39.7 Å². The Kier molecular flexibility index (Phi) is 4.47. The average Bonchev–Trinajstić information content (AvgIpc) is 2.80. The molecule has 154 valence electrons. The summed E-state index contributed by atoms with van der Waals surface area (Å²) in [5.41, 5.74) is 0.337. The zero-order chi connectivity index (χ0) is 21.5. The van der Waals surface area contributed by atoms with E-state index in [-0.39, 0.29) is 12.3 Å². The van der Waals surface area contributed by atoms with Gasteiger partial charge in [-0.1, -0.05) is 42.5 Å². The minimum atomic E-state index is -0.440. The maximum atomic E-state index is 11.6. The van der Waals surface area contributed by atoms with Crippen LogP contribution in [0.3, 0.4) is 0 Å². The molecule has 0 heterocycles. The summed E-state index contributed by atoms with van der Waals surface area (Å²) in [6, 6.07) is 21.5. The minimum Gasteiger partial charge on any atom is -0.493 e. The lowest BCUT2D eigenvalue weighted by atomic mass is 9.94. The molecule has 5 rings (SSSR count). The van der Waals surface area contributed by atoms with Crippen molar-refractivity contribution in [1.82, 2.24) is 0 Å². The molecular formula is C25H19NO5. The van der Waals surface area contributed by atoms with Crippen molar-refractivity contribution < 1.29 is 19.1 Å². The molecule has 0 amide bonds. The van der Waals surface area contributed by atoms with E-state index in [0.29, 0.717) is 22.8 Å². The molecule has 0 bridgehead atoms. The molecule has 0 saturated carbocycles. The third-order valence-electron chi connectivity index (χ3n) is 5.65. The summed E-state index contributed by atoms with van der Waals surface area (Å²) in [5.74, 6) is 1.40. The number of ether oxygens (including phenoxy) is 3. The molecule has 0 aliphatic heterocycles. The number of rotatable bonds is 6. The molecule has 5 aromatic carbocycles. The van der Waals surface area contributed by atoms with Gasteiger partial charge in [-0.2, -0.15) is 0 Å². The lowest BCUT2D eigenvalue weighted by Gasteiger charge is -2.15. The highest BCUT2D eigenvalue weighted by molar-refractivity contribution is 6.24. The summed E-state index contributed by atoms with van der Waals surface area (Å²) in [7, 11) is 2.94. The van der Waals surface area contributed by atoms with Crippen molar-refractivity contribution >= 4 is 38.0 Å². The van der Waals surface area contributed by atoms with Gasteiger partial charge in [0.2, 0.25) is 0 Å². The van der Waals surface area contributed by atoms with Crippen LogP contribution < -0.4 is 14.2 Å². The van der Waals surface area contributed by atoms with E-state index >= 15 is 0 Å². The number of methoxy groups -OCH3 is 2. The maximum Gasteiger partial charge on any atom is 0.280 e. The molecule has 0 atom stereocenters. The maximum absolute atomic E-state index is 11.6. The van der Waals surface area contributed by atoms with Crippen molar-refractivity contribution in [3.8, 4) is 17.2 Å². The van der Waals surface area contributed by atoms with Gasteiger partial charge in [-0.25, -0.2) is 0 Å². The Labute approximate surface area is 178 Å². The summed E-state index contributed by atoms with van der Waals surface area (Å²) < 4.78 is 16.6. The summed E-state index contributed by atoms with van der Waals surface area (Å²) in [6.45, 7) is 0.0284. The fourth-order valence-corrected chi connectivity index (χ4v) is 4.19. The smallest absolute Gasteiger partial charge is 0.280 e. The molecule has 0 spiro atoms. The van der Waals surface area contributed by atoms with E-state index < -0.39 is 4.92 Å². The van der Waals surface area contributed by atoms with Crippen LogP contribution in [-0.2, 0) is 6.61 Å². The van der Waals surface area contributed by atoms with E-state index in [1.165, 1.54) is 36.4 Å². The lowest BCUT2D eigenvalue weighted by Crippen LogP contribution is -2.03. The van der Waals surface area contributed by atoms with Crippen LogP contribution in [0.15, 0.2) is 66.7 Å². The van der Waals surface area contributed by atoms with Gasteiger partial charge >= 0.3 is 0 Å². The molecular weight excluding hydrogens is 394 g/mol. The Morgan fingerprint density at radius 3 is 2.06 bits per heavy atom. The van der Waals surface area contributed by atoms with Gasteiger partial charge in [0, 0.05) is 10.8 Å². The number of nitrogens with zero attached hydrogens (tertiary/aromatic N) is 1. The summed E-state index contributed by atoms with van der Waals surface area (Å²) in [4.78, 5) is 11.2. The molecule has 0 aromatic heterocycles. The van der Waals surface area contributed by atoms with E-state index in [0.717, 1.165) is 16.2 Å². The van der Waals surface area contributed by atoms with Crippen molar-refractivity contribution in [2.75, 3.05) is 14.2 Å². The highest BCUT2D eigenvalue weighted by Gasteiger charge is 2.20. The predicted octanol–water partition coefficient (Wildman–Crippen LogP) is 6.09. The normalized spacial score (nSPS) is 11.3. The third-order valence-corrected chi connectivity index (χ3v) is 5.65. The van der Waals surface area contributed by atoms with Crippen molar-refractivity contribution in [1.29, 1.82) is 0 Å². The van der Waals surface area contributed by atoms with Crippen molar-refractivity contribution in [2.24, 2.45) is 0 Å². The first kappa shape index (κ1) is 18.9. The van der Waals surface area contributed by atoms with Crippen LogP contribution in [0.4, 0.5) is 5.69 Å². The fraction of sp³-hybridized carbons (Fsp3) is 0.120. The molecule has 0 aliphatic rings. The molecule has 0 N–H and O–H groups in total. The first-order chi connectivity index (χ1) is 15.1. The van der Waals surface area contributed by atoms with Crippen LogP contribution in [0.2, 0.25) is 0 Å². The number of hydrogen-bond donors (Lipinski definition) is 0. The average molecular weight is 413 g/mol.